The van der Waals surface area contributed by atoms with Crippen molar-refractivity contribution in [3.05, 3.63) is 52.9 Å². The molecule has 5 nitrogen and oxygen atoms in total. The van der Waals surface area contributed by atoms with Crippen molar-refractivity contribution in [3.63, 3.8) is 0 Å². The van der Waals surface area contributed by atoms with Crippen LogP contribution in [-0.2, 0) is 16.6 Å². The molecule has 0 saturated carbocycles. The zero-order valence-corrected chi connectivity index (χ0v) is 11.2. The number of nitriles is 1. The van der Waals surface area contributed by atoms with Crippen molar-refractivity contribution in [2.75, 3.05) is 0 Å². The van der Waals surface area contributed by atoms with Gasteiger partial charge >= 0.3 is 0 Å². The van der Waals surface area contributed by atoms with Crippen LogP contribution in [0.1, 0.15) is 11.3 Å². The molecule has 0 bridgehead atoms. The highest BCUT2D eigenvalue weighted by Gasteiger charge is 2.18. The van der Waals surface area contributed by atoms with Crippen molar-refractivity contribution in [3.8, 4) is 6.07 Å². The molecular formula is C12H9ClN2O3S. The van der Waals surface area contributed by atoms with Gasteiger partial charge in [0.25, 0.3) is 0 Å². The lowest BCUT2D eigenvalue weighted by molar-refractivity contribution is 0.498. The molecule has 0 aliphatic rings. The van der Waals surface area contributed by atoms with Gasteiger partial charge in [0.2, 0.25) is 10.0 Å². The Morgan fingerprint density at radius 1 is 1.37 bits per heavy atom. The molecule has 98 valence electrons. The molecule has 0 atom stereocenters. The van der Waals surface area contributed by atoms with Gasteiger partial charge in [0.1, 0.15) is 10.7 Å². The van der Waals surface area contributed by atoms with Gasteiger partial charge in [0.05, 0.1) is 29.5 Å². The SMILES string of the molecule is N#Cc1ccc(Cl)c(S(=O)(=O)NCc2ccco2)c1. The van der Waals surface area contributed by atoms with Crippen LogP contribution in [0.5, 0.6) is 0 Å². The summed E-state index contributed by atoms with van der Waals surface area (Å²) in [5.41, 5.74) is 0.225. The number of hydrogen-bond acceptors (Lipinski definition) is 4. The van der Waals surface area contributed by atoms with Gasteiger partial charge in [-0.2, -0.15) is 5.26 Å². The molecule has 19 heavy (non-hydrogen) atoms. The number of nitrogens with zero attached hydrogens (tertiary/aromatic N) is 1. The highest BCUT2D eigenvalue weighted by atomic mass is 35.5. The molecule has 0 aliphatic heterocycles. The lowest BCUT2D eigenvalue weighted by Gasteiger charge is -2.07. The predicted octanol–water partition coefficient (Wildman–Crippen LogP) is 2.28. The maximum absolute atomic E-state index is 12.1. The lowest BCUT2D eigenvalue weighted by Crippen LogP contribution is -2.23. The van der Waals surface area contributed by atoms with Crippen molar-refractivity contribution in [2.24, 2.45) is 0 Å². The Hall–Kier alpha value is -1.81. The van der Waals surface area contributed by atoms with E-state index in [9.17, 15) is 8.42 Å². The smallest absolute Gasteiger partial charge is 0.242 e. The molecule has 0 radical (unpaired) electrons. The third-order valence-electron chi connectivity index (χ3n) is 2.37. The zero-order valence-electron chi connectivity index (χ0n) is 9.63. The average Bonchev–Trinajstić information content (AvgIpc) is 2.90. The third kappa shape index (κ3) is 3.15. The summed E-state index contributed by atoms with van der Waals surface area (Å²) >= 11 is 5.85. The van der Waals surface area contributed by atoms with Crippen molar-refractivity contribution in [1.82, 2.24) is 4.72 Å². The van der Waals surface area contributed by atoms with Gasteiger partial charge in [-0.15, -0.1) is 0 Å². The van der Waals surface area contributed by atoms with Crippen LogP contribution in [0, 0.1) is 11.3 Å². The van der Waals surface area contributed by atoms with Crippen LogP contribution in [0.15, 0.2) is 45.9 Å². The van der Waals surface area contributed by atoms with Crippen molar-refractivity contribution in [2.45, 2.75) is 11.4 Å². The summed E-state index contributed by atoms with van der Waals surface area (Å²) in [6, 6.07) is 9.23. The summed E-state index contributed by atoms with van der Waals surface area (Å²) in [5, 5.41) is 8.84. The van der Waals surface area contributed by atoms with Gasteiger partial charge < -0.3 is 4.42 Å². The van der Waals surface area contributed by atoms with E-state index in [1.54, 1.807) is 12.1 Å². The van der Waals surface area contributed by atoms with E-state index in [1.165, 1.54) is 24.5 Å². The van der Waals surface area contributed by atoms with Crippen LogP contribution in [0.2, 0.25) is 5.02 Å². The van der Waals surface area contributed by atoms with Crippen LogP contribution >= 0.6 is 11.6 Å². The van der Waals surface area contributed by atoms with Gasteiger partial charge in [0, 0.05) is 0 Å². The molecule has 0 aliphatic carbocycles. The highest BCUT2D eigenvalue weighted by molar-refractivity contribution is 7.89. The zero-order chi connectivity index (χ0) is 13.9. The van der Waals surface area contributed by atoms with Gasteiger partial charge in [0.15, 0.2) is 0 Å². The van der Waals surface area contributed by atoms with E-state index in [4.69, 9.17) is 21.3 Å². The minimum absolute atomic E-state index is 0.0163. The minimum atomic E-state index is -3.79. The normalized spacial score (nSPS) is 11.2. The summed E-state index contributed by atoms with van der Waals surface area (Å²) in [4.78, 5) is -0.125. The topological polar surface area (TPSA) is 83.1 Å². The first-order valence-corrected chi connectivity index (χ1v) is 7.11. The Labute approximate surface area is 115 Å². The molecular weight excluding hydrogens is 288 g/mol. The number of sulfonamides is 1. The summed E-state index contributed by atoms with van der Waals surface area (Å²) in [6.45, 7) is 0.0163. The van der Waals surface area contributed by atoms with Crippen LogP contribution < -0.4 is 4.72 Å². The summed E-state index contributed by atoms with van der Waals surface area (Å²) < 4.78 is 31.5. The van der Waals surface area contributed by atoms with Gasteiger partial charge in [-0.25, -0.2) is 13.1 Å². The molecule has 1 heterocycles. The van der Waals surface area contributed by atoms with Gasteiger partial charge in [-0.3, -0.25) is 0 Å². The second kappa shape index (κ2) is 5.45. The Morgan fingerprint density at radius 3 is 2.79 bits per heavy atom. The van der Waals surface area contributed by atoms with Crippen molar-refractivity contribution in [1.29, 1.82) is 5.26 Å². The molecule has 0 amide bonds. The Bertz CT molecular complexity index is 718. The van der Waals surface area contributed by atoms with E-state index in [2.05, 4.69) is 4.72 Å². The lowest BCUT2D eigenvalue weighted by atomic mass is 10.2. The summed E-state index contributed by atoms with van der Waals surface area (Å²) in [6.07, 6.45) is 1.45. The molecule has 0 fully saturated rings. The fourth-order valence-corrected chi connectivity index (χ4v) is 2.95. The van der Waals surface area contributed by atoms with E-state index in [1.807, 2.05) is 6.07 Å². The Kier molecular flexibility index (Phi) is 3.90. The third-order valence-corrected chi connectivity index (χ3v) is 4.25. The second-order valence-electron chi connectivity index (χ2n) is 3.66. The fourth-order valence-electron chi connectivity index (χ4n) is 1.44. The van der Waals surface area contributed by atoms with Gasteiger partial charge in [-0.05, 0) is 30.3 Å². The van der Waals surface area contributed by atoms with E-state index in [0.717, 1.165) is 0 Å². The number of hydrogen-bond donors (Lipinski definition) is 1. The number of halogens is 1. The molecule has 0 unspecified atom stereocenters. The molecule has 0 spiro atoms. The summed E-state index contributed by atoms with van der Waals surface area (Å²) in [7, 11) is -3.79. The standard InChI is InChI=1S/C12H9ClN2O3S/c13-11-4-3-9(7-14)6-12(11)19(16,17)15-8-10-2-1-5-18-10/h1-6,15H,8H2. The Balaban J connectivity index is 2.27. The van der Waals surface area contributed by atoms with E-state index in [-0.39, 0.29) is 22.0 Å². The molecule has 2 rings (SSSR count). The molecule has 0 saturated heterocycles. The first-order valence-electron chi connectivity index (χ1n) is 5.24. The maximum Gasteiger partial charge on any atom is 0.242 e. The maximum atomic E-state index is 12.1. The summed E-state index contributed by atoms with van der Waals surface area (Å²) in [5.74, 6) is 0.483. The van der Waals surface area contributed by atoms with E-state index < -0.39 is 10.0 Å². The molecule has 2 aromatic rings. The van der Waals surface area contributed by atoms with E-state index in [0.29, 0.717) is 5.76 Å². The van der Waals surface area contributed by atoms with Gasteiger partial charge in [-0.1, -0.05) is 11.6 Å². The van der Waals surface area contributed by atoms with Crippen LogP contribution in [-0.4, -0.2) is 8.42 Å². The molecule has 1 aromatic carbocycles. The first-order chi connectivity index (χ1) is 9.03. The van der Waals surface area contributed by atoms with Crippen molar-refractivity contribution < 1.29 is 12.8 Å². The van der Waals surface area contributed by atoms with Crippen molar-refractivity contribution >= 4 is 21.6 Å². The first kappa shape index (κ1) is 13.6. The van der Waals surface area contributed by atoms with Crippen LogP contribution in [0.4, 0.5) is 0 Å². The molecule has 1 N–H and O–H groups in total. The number of benzene rings is 1. The van der Waals surface area contributed by atoms with E-state index >= 15 is 0 Å². The second-order valence-corrected chi connectivity index (χ2v) is 5.80. The molecule has 7 heteroatoms. The number of nitrogens with one attached hydrogen (secondary N) is 1. The fraction of sp³-hybridized carbons (Fsp3) is 0.0833. The minimum Gasteiger partial charge on any atom is -0.468 e. The monoisotopic (exact) mass is 296 g/mol. The average molecular weight is 297 g/mol. The number of rotatable bonds is 4. The van der Waals surface area contributed by atoms with Crippen LogP contribution in [0.25, 0.3) is 0 Å². The molecule has 1 aromatic heterocycles. The quantitative estimate of drug-likeness (QED) is 0.938. The van der Waals surface area contributed by atoms with Crippen LogP contribution in [0.3, 0.4) is 0 Å². The predicted molar refractivity (Wildman–Crippen MR) is 68.9 cm³/mol. The number of furan rings is 1. The Morgan fingerprint density at radius 2 is 2.16 bits per heavy atom. The highest BCUT2D eigenvalue weighted by Crippen LogP contribution is 2.22. The largest absolute Gasteiger partial charge is 0.468 e.